The quantitative estimate of drug-likeness (QED) is 0.843. The molecule has 0 radical (unpaired) electrons. The summed E-state index contributed by atoms with van der Waals surface area (Å²) in [5, 5.41) is 5.17. The van der Waals surface area contributed by atoms with Crippen molar-refractivity contribution >= 4 is 17.2 Å². The highest BCUT2D eigenvalue weighted by atomic mass is 32.1. The van der Waals surface area contributed by atoms with Gasteiger partial charge in [-0.15, -0.1) is 11.3 Å². The van der Waals surface area contributed by atoms with Crippen molar-refractivity contribution in [2.45, 2.75) is 20.0 Å². The molecule has 6 nitrogen and oxygen atoms in total. The smallest absolute Gasteiger partial charge is 0.271 e. The topological polar surface area (TPSA) is 93.8 Å². The minimum Gasteiger partial charge on any atom is -0.345 e. The van der Waals surface area contributed by atoms with Crippen LogP contribution in [0.1, 0.15) is 26.9 Å². The Balaban J connectivity index is 1.93. The van der Waals surface area contributed by atoms with Crippen LogP contribution in [0, 0.1) is 6.92 Å². The van der Waals surface area contributed by atoms with Crippen LogP contribution in [0.3, 0.4) is 0 Å². The average Bonchev–Trinajstić information content (AvgIpc) is 2.86. The van der Waals surface area contributed by atoms with E-state index < -0.39 is 0 Å². The average molecular weight is 263 g/mol. The molecule has 2 aromatic heterocycles. The van der Waals surface area contributed by atoms with E-state index >= 15 is 0 Å². The lowest BCUT2D eigenvalue weighted by molar-refractivity contribution is 0.0946. The van der Waals surface area contributed by atoms with E-state index in [2.05, 4.69) is 20.3 Å². The standard InChI is InChI=1S/C11H13N5OS/c1-7-3-14-8(4-13-7)5-15-11(17)9-6-18-10(2-12)16-9/h3-4,6H,2,5,12H2,1H3,(H,15,17). The Kier molecular flexibility index (Phi) is 3.96. The van der Waals surface area contributed by atoms with Gasteiger partial charge in [0, 0.05) is 18.1 Å². The molecule has 0 unspecified atom stereocenters. The molecule has 2 aromatic rings. The summed E-state index contributed by atoms with van der Waals surface area (Å²) in [5.74, 6) is -0.228. The lowest BCUT2D eigenvalue weighted by Crippen LogP contribution is -2.23. The molecule has 3 N–H and O–H groups in total. The summed E-state index contributed by atoms with van der Waals surface area (Å²) in [6.45, 7) is 2.54. The van der Waals surface area contributed by atoms with Gasteiger partial charge < -0.3 is 11.1 Å². The largest absolute Gasteiger partial charge is 0.345 e. The summed E-state index contributed by atoms with van der Waals surface area (Å²) in [4.78, 5) is 24.1. The summed E-state index contributed by atoms with van der Waals surface area (Å²) in [5.41, 5.74) is 7.39. The molecule has 94 valence electrons. The molecule has 0 aliphatic carbocycles. The molecule has 0 saturated carbocycles. The van der Waals surface area contributed by atoms with Gasteiger partial charge in [0.05, 0.1) is 24.1 Å². The maximum absolute atomic E-state index is 11.8. The van der Waals surface area contributed by atoms with Gasteiger partial charge in [0.1, 0.15) is 10.7 Å². The number of nitrogens with zero attached hydrogens (tertiary/aromatic N) is 3. The van der Waals surface area contributed by atoms with Gasteiger partial charge in [0.2, 0.25) is 0 Å². The van der Waals surface area contributed by atoms with Crippen LogP contribution >= 0.6 is 11.3 Å². The molecule has 0 fully saturated rings. The predicted octanol–water partition coefficient (Wildman–Crippen LogP) is 0.630. The van der Waals surface area contributed by atoms with Crippen LogP contribution in [0.2, 0.25) is 0 Å². The lowest BCUT2D eigenvalue weighted by atomic mass is 10.4. The van der Waals surface area contributed by atoms with Crippen LogP contribution in [0.25, 0.3) is 0 Å². The fourth-order valence-corrected chi connectivity index (χ4v) is 1.94. The van der Waals surface area contributed by atoms with E-state index in [0.717, 1.165) is 10.7 Å². The number of aromatic nitrogens is 3. The van der Waals surface area contributed by atoms with Gasteiger partial charge in [-0.3, -0.25) is 14.8 Å². The zero-order valence-electron chi connectivity index (χ0n) is 9.88. The molecule has 0 spiro atoms. The fraction of sp³-hybridized carbons (Fsp3) is 0.273. The fourth-order valence-electron chi connectivity index (χ4n) is 1.28. The van der Waals surface area contributed by atoms with Crippen molar-refractivity contribution < 1.29 is 4.79 Å². The van der Waals surface area contributed by atoms with Crippen molar-refractivity contribution in [3.05, 3.63) is 39.9 Å². The first-order chi connectivity index (χ1) is 8.69. The SMILES string of the molecule is Cc1cnc(CNC(=O)c2csc(CN)n2)cn1. The van der Waals surface area contributed by atoms with E-state index in [1.165, 1.54) is 11.3 Å². The molecule has 7 heteroatoms. The van der Waals surface area contributed by atoms with Gasteiger partial charge in [-0.05, 0) is 6.92 Å². The summed E-state index contributed by atoms with van der Waals surface area (Å²) >= 11 is 1.38. The second-order valence-corrected chi connectivity index (χ2v) is 4.61. The highest BCUT2D eigenvalue weighted by Crippen LogP contribution is 2.08. The maximum atomic E-state index is 11.8. The van der Waals surface area contributed by atoms with Crippen molar-refractivity contribution in [2.75, 3.05) is 0 Å². The third kappa shape index (κ3) is 3.08. The Bertz CT molecular complexity index is 537. The van der Waals surface area contributed by atoms with E-state index in [-0.39, 0.29) is 5.91 Å². The van der Waals surface area contributed by atoms with Crippen LogP contribution in [0.5, 0.6) is 0 Å². The monoisotopic (exact) mass is 263 g/mol. The molecule has 0 bridgehead atoms. The number of thiazole rings is 1. The van der Waals surface area contributed by atoms with Gasteiger partial charge >= 0.3 is 0 Å². The Hall–Kier alpha value is -1.86. The Labute approximate surface area is 108 Å². The second-order valence-electron chi connectivity index (χ2n) is 3.66. The molecule has 0 atom stereocenters. The van der Waals surface area contributed by atoms with Crippen LogP contribution in [0.4, 0.5) is 0 Å². The number of aryl methyl sites for hydroxylation is 1. The molecule has 0 aliphatic heterocycles. The van der Waals surface area contributed by atoms with E-state index in [0.29, 0.717) is 24.5 Å². The normalized spacial score (nSPS) is 10.3. The van der Waals surface area contributed by atoms with E-state index in [4.69, 9.17) is 5.73 Å². The van der Waals surface area contributed by atoms with Crippen LogP contribution in [-0.4, -0.2) is 20.9 Å². The van der Waals surface area contributed by atoms with E-state index in [1.54, 1.807) is 17.8 Å². The highest BCUT2D eigenvalue weighted by molar-refractivity contribution is 7.09. The minimum absolute atomic E-state index is 0.228. The predicted molar refractivity (Wildman–Crippen MR) is 67.9 cm³/mol. The summed E-state index contributed by atoms with van der Waals surface area (Å²) in [6.07, 6.45) is 3.30. The Morgan fingerprint density at radius 1 is 1.44 bits per heavy atom. The lowest BCUT2D eigenvalue weighted by Gasteiger charge is -2.02. The van der Waals surface area contributed by atoms with Crippen molar-refractivity contribution in [1.29, 1.82) is 0 Å². The second kappa shape index (κ2) is 5.65. The molecule has 0 saturated heterocycles. The third-order valence-electron chi connectivity index (χ3n) is 2.22. The van der Waals surface area contributed by atoms with Crippen LogP contribution < -0.4 is 11.1 Å². The van der Waals surface area contributed by atoms with Gasteiger partial charge in [0.25, 0.3) is 5.91 Å². The molecular weight excluding hydrogens is 250 g/mol. The molecule has 2 heterocycles. The number of rotatable bonds is 4. The number of carbonyl (C=O) groups excluding carboxylic acids is 1. The molecule has 0 aliphatic rings. The first-order valence-corrected chi connectivity index (χ1v) is 6.27. The van der Waals surface area contributed by atoms with Crippen molar-refractivity contribution in [2.24, 2.45) is 5.73 Å². The first kappa shape index (κ1) is 12.6. The third-order valence-corrected chi connectivity index (χ3v) is 3.09. The zero-order valence-corrected chi connectivity index (χ0v) is 10.7. The van der Waals surface area contributed by atoms with Crippen molar-refractivity contribution in [1.82, 2.24) is 20.3 Å². The number of hydrogen-bond acceptors (Lipinski definition) is 6. The number of carbonyl (C=O) groups is 1. The van der Waals surface area contributed by atoms with Crippen molar-refractivity contribution in [3.63, 3.8) is 0 Å². The number of hydrogen-bond donors (Lipinski definition) is 2. The minimum atomic E-state index is -0.228. The van der Waals surface area contributed by atoms with Crippen LogP contribution in [-0.2, 0) is 13.1 Å². The highest BCUT2D eigenvalue weighted by Gasteiger charge is 2.09. The van der Waals surface area contributed by atoms with Gasteiger partial charge in [0.15, 0.2) is 0 Å². The van der Waals surface area contributed by atoms with Gasteiger partial charge in [-0.2, -0.15) is 0 Å². The zero-order chi connectivity index (χ0) is 13.0. The van der Waals surface area contributed by atoms with E-state index in [9.17, 15) is 4.79 Å². The Morgan fingerprint density at radius 3 is 2.89 bits per heavy atom. The summed E-state index contributed by atoms with van der Waals surface area (Å²) < 4.78 is 0. The number of nitrogens with one attached hydrogen (secondary N) is 1. The maximum Gasteiger partial charge on any atom is 0.271 e. The van der Waals surface area contributed by atoms with Gasteiger partial charge in [-0.1, -0.05) is 0 Å². The molecule has 2 rings (SSSR count). The van der Waals surface area contributed by atoms with Crippen LogP contribution in [0.15, 0.2) is 17.8 Å². The summed E-state index contributed by atoms with van der Waals surface area (Å²) in [6, 6.07) is 0. The van der Waals surface area contributed by atoms with Gasteiger partial charge in [-0.25, -0.2) is 4.98 Å². The first-order valence-electron chi connectivity index (χ1n) is 5.39. The molecule has 18 heavy (non-hydrogen) atoms. The summed E-state index contributed by atoms with van der Waals surface area (Å²) in [7, 11) is 0. The number of nitrogens with two attached hydrogens (primary N) is 1. The van der Waals surface area contributed by atoms with Crippen molar-refractivity contribution in [3.8, 4) is 0 Å². The number of amides is 1. The molecule has 0 aromatic carbocycles. The molecule has 1 amide bonds. The molecular formula is C11H13N5OS. The van der Waals surface area contributed by atoms with E-state index in [1.807, 2.05) is 6.92 Å². The Morgan fingerprint density at radius 2 is 2.28 bits per heavy atom.